The third kappa shape index (κ3) is 3.70. The van der Waals surface area contributed by atoms with Crippen LogP contribution in [0.4, 0.5) is 0 Å². The van der Waals surface area contributed by atoms with Crippen molar-refractivity contribution in [2.24, 2.45) is 5.73 Å². The standard InChI is InChI=1S/C8H19N3/c9-4-1-2-6-11-7-3-5-10-8-11/h10H,1-9H2. The summed E-state index contributed by atoms with van der Waals surface area (Å²) in [5, 5.41) is 3.36. The van der Waals surface area contributed by atoms with Crippen LogP contribution in [-0.4, -0.2) is 37.7 Å². The lowest BCUT2D eigenvalue weighted by molar-refractivity contribution is 0.212. The van der Waals surface area contributed by atoms with Crippen LogP contribution in [-0.2, 0) is 0 Å². The van der Waals surface area contributed by atoms with Gasteiger partial charge in [-0.05, 0) is 38.9 Å². The summed E-state index contributed by atoms with van der Waals surface area (Å²) in [4.78, 5) is 2.46. The summed E-state index contributed by atoms with van der Waals surface area (Å²) in [5.41, 5.74) is 5.41. The molecule has 11 heavy (non-hydrogen) atoms. The van der Waals surface area contributed by atoms with E-state index < -0.39 is 0 Å². The first-order valence-electron chi connectivity index (χ1n) is 4.56. The SMILES string of the molecule is NCCCCN1CCCNC1. The molecule has 1 fully saturated rings. The van der Waals surface area contributed by atoms with Crippen LogP contribution in [0.1, 0.15) is 19.3 Å². The summed E-state index contributed by atoms with van der Waals surface area (Å²) in [6.45, 7) is 5.57. The molecular formula is C8H19N3. The first-order chi connectivity index (χ1) is 5.43. The molecule has 0 amide bonds. The topological polar surface area (TPSA) is 41.3 Å². The van der Waals surface area contributed by atoms with Gasteiger partial charge in [0.25, 0.3) is 0 Å². The highest BCUT2D eigenvalue weighted by Gasteiger charge is 2.07. The Morgan fingerprint density at radius 2 is 2.27 bits per heavy atom. The van der Waals surface area contributed by atoms with Gasteiger partial charge < -0.3 is 11.1 Å². The summed E-state index contributed by atoms with van der Waals surface area (Å²) in [6, 6.07) is 0. The zero-order chi connectivity index (χ0) is 7.94. The minimum absolute atomic E-state index is 0.835. The molecule has 66 valence electrons. The van der Waals surface area contributed by atoms with E-state index in [1.54, 1.807) is 0 Å². The van der Waals surface area contributed by atoms with Crippen LogP contribution in [0.15, 0.2) is 0 Å². The molecule has 0 unspecified atom stereocenters. The van der Waals surface area contributed by atoms with Crippen molar-refractivity contribution >= 4 is 0 Å². The molecule has 0 aromatic carbocycles. The van der Waals surface area contributed by atoms with Crippen molar-refractivity contribution in [3.05, 3.63) is 0 Å². The van der Waals surface area contributed by atoms with E-state index in [1.165, 1.54) is 32.5 Å². The highest BCUT2D eigenvalue weighted by molar-refractivity contribution is 4.63. The molecule has 0 aromatic rings. The van der Waals surface area contributed by atoms with Gasteiger partial charge >= 0.3 is 0 Å². The Labute approximate surface area is 68.9 Å². The number of nitrogens with two attached hydrogens (primary N) is 1. The monoisotopic (exact) mass is 157 g/mol. The molecular weight excluding hydrogens is 138 g/mol. The second-order valence-electron chi connectivity index (χ2n) is 3.13. The van der Waals surface area contributed by atoms with Gasteiger partial charge in [0.15, 0.2) is 0 Å². The number of unbranched alkanes of at least 4 members (excludes halogenated alkanes) is 1. The average molecular weight is 157 g/mol. The van der Waals surface area contributed by atoms with E-state index in [0.29, 0.717) is 0 Å². The van der Waals surface area contributed by atoms with Crippen molar-refractivity contribution in [2.75, 3.05) is 32.8 Å². The number of hydrogen-bond acceptors (Lipinski definition) is 3. The molecule has 0 radical (unpaired) electrons. The zero-order valence-corrected chi connectivity index (χ0v) is 7.18. The van der Waals surface area contributed by atoms with Crippen molar-refractivity contribution in [3.8, 4) is 0 Å². The fourth-order valence-electron chi connectivity index (χ4n) is 1.41. The number of nitrogens with one attached hydrogen (secondary N) is 1. The molecule has 3 nitrogen and oxygen atoms in total. The summed E-state index contributed by atoms with van der Waals surface area (Å²) >= 11 is 0. The largest absolute Gasteiger partial charge is 0.330 e. The summed E-state index contributed by atoms with van der Waals surface area (Å²) in [5.74, 6) is 0. The Bertz CT molecular complexity index is 89.3. The predicted octanol–water partition coefficient (Wildman–Crippen LogP) is -0.0219. The molecule has 3 N–H and O–H groups in total. The summed E-state index contributed by atoms with van der Waals surface area (Å²) < 4.78 is 0. The number of nitrogens with zero attached hydrogens (tertiary/aromatic N) is 1. The molecule has 0 aromatic heterocycles. The normalized spacial score (nSPS) is 20.5. The Morgan fingerprint density at radius 1 is 1.36 bits per heavy atom. The van der Waals surface area contributed by atoms with Crippen LogP contribution in [0.25, 0.3) is 0 Å². The quantitative estimate of drug-likeness (QED) is 0.563. The van der Waals surface area contributed by atoms with Gasteiger partial charge in [0, 0.05) is 13.2 Å². The van der Waals surface area contributed by atoms with E-state index in [-0.39, 0.29) is 0 Å². The molecule has 1 heterocycles. The van der Waals surface area contributed by atoms with Gasteiger partial charge in [-0.2, -0.15) is 0 Å². The Balaban J connectivity index is 1.96. The van der Waals surface area contributed by atoms with Crippen LogP contribution < -0.4 is 11.1 Å². The van der Waals surface area contributed by atoms with Gasteiger partial charge in [0.05, 0.1) is 0 Å². The van der Waals surface area contributed by atoms with Gasteiger partial charge in [0.2, 0.25) is 0 Å². The van der Waals surface area contributed by atoms with Crippen molar-refractivity contribution in [2.45, 2.75) is 19.3 Å². The zero-order valence-electron chi connectivity index (χ0n) is 7.18. The highest BCUT2D eigenvalue weighted by atomic mass is 15.2. The second kappa shape index (κ2) is 5.52. The van der Waals surface area contributed by atoms with Gasteiger partial charge in [-0.1, -0.05) is 0 Å². The van der Waals surface area contributed by atoms with Crippen molar-refractivity contribution < 1.29 is 0 Å². The van der Waals surface area contributed by atoms with E-state index >= 15 is 0 Å². The minimum Gasteiger partial charge on any atom is -0.330 e. The molecule has 1 rings (SSSR count). The van der Waals surface area contributed by atoms with Crippen molar-refractivity contribution in [1.29, 1.82) is 0 Å². The molecule has 0 spiro atoms. The van der Waals surface area contributed by atoms with Crippen molar-refractivity contribution in [1.82, 2.24) is 10.2 Å². The predicted molar refractivity (Wildman–Crippen MR) is 47.3 cm³/mol. The summed E-state index contributed by atoms with van der Waals surface area (Å²) in [6.07, 6.45) is 3.71. The van der Waals surface area contributed by atoms with Crippen LogP contribution in [0.2, 0.25) is 0 Å². The molecule has 1 saturated heterocycles. The number of rotatable bonds is 4. The van der Waals surface area contributed by atoms with Crippen LogP contribution in [0, 0.1) is 0 Å². The van der Waals surface area contributed by atoms with E-state index in [2.05, 4.69) is 10.2 Å². The summed E-state index contributed by atoms with van der Waals surface area (Å²) in [7, 11) is 0. The Hall–Kier alpha value is -0.120. The lowest BCUT2D eigenvalue weighted by atomic mass is 10.2. The molecule has 1 aliphatic rings. The lowest BCUT2D eigenvalue weighted by Gasteiger charge is -2.26. The van der Waals surface area contributed by atoms with Crippen LogP contribution in [0.3, 0.4) is 0 Å². The van der Waals surface area contributed by atoms with Gasteiger partial charge in [-0.3, -0.25) is 4.90 Å². The van der Waals surface area contributed by atoms with E-state index in [0.717, 1.165) is 19.6 Å². The maximum Gasteiger partial charge on any atom is 0.0480 e. The Morgan fingerprint density at radius 3 is 2.91 bits per heavy atom. The number of hydrogen-bond donors (Lipinski definition) is 2. The molecule has 0 saturated carbocycles. The third-order valence-electron chi connectivity index (χ3n) is 2.09. The molecule has 0 atom stereocenters. The first-order valence-corrected chi connectivity index (χ1v) is 4.56. The fourth-order valence-corrected chi connectivity index (χ4v) is 1.41. The second-order valence-corrected chi connectivity index (χ2v) is 3.13. The third-order valence-corrected chi connectivity index (χ3v) is 2.09. The van der Waals surface area contributed by atoms with Crippen molar-refractivity contribution in [3.63, 3.8) is 0 Å². The minimum atomic E-state index is 0.835. The van der Waals surface area contributed by atoms with E-state index in [1.807, 2.05) is 0 Å². The molecule has 3 heteroatoms. The average Bonchev–Trinajstić information content (AvgIpc) is 2.07. The highest BCUT2D eigenvalue weighted by Crippen LogP contribution is 1.98. The molecule has 0 bridgehead atoms. The fraction of sp³-hybridized carbons (Fsp3) is 1.00. The van der Waals surface area contributed by atoms with Crippen LogP contribution in [0.5, 0.6) is 0 Å². The Kier molecular flexibility index (Phi) is 4.50. The lowest BCUT2D eigenvalue weighted by Crippen LogP contribution is -2.41. The first kappa shape index (κ1) is 8.97. The van der Waals surface area contributed by atoms with E-state index in [4.69, 9.17) is 5.73 Å². The van der Waals surface area contributed by atoms with Gasteiger partial charge in [0.1, 0.15) is 0 Å². The van der Waals surface area contributed by atoms with Crippen LogP contribution >= 0.6 is 0 Å². The molecule has 1 aliphatic heterocycles. The smallest absolute Gasteiger partial charge is 0.0480 e. The maximum atomic E-state index is 5.41. The van der Waals surface area contributed by atoms with E-state index in [9.17, 15) is 0 Å². The van der Waals surface area contributed by atoms with Gasteiger partial charge in [-0.15, -0.1) is 0 Å². The maximum absolute atomic E-state index is 5.41. The molecule has 0 aliphatic carbocycles. The van der Waals surface area contributed by atoms with Gasteiger partial charge in [-0.25, -0.2) is 0 Å².